The number of anilines is 3. The van der Waals surface area contributed by atoms with Gasteiger partial charge in [0.15, 0.2) is 0 Å². The van der Waals surface area contributed by atoms with Crippen molar-refractivity contribution in [3.8, 4) is 66.8 Å². The number of nitrogens with zero attached hydrogens (tertiary/aromatic N) is 1. The van der Waals surface area contributed by atoms with E-state index in [1.54, 1.807) is 0 Å². The van der Waals surface area contributed by atoms with Crippen LogP contribution in [-0.4, -0.2) is 0 Å². The smallest absolute Gasteiger partial charge is 0.0468 e. The standard InChI is InChI=1S/C59H41N/c1-59(2)53-25-15-14-22-47(53)48-33-32-46(37-54(48)59)60(44-29-26-39(27-30-44)38-16-6-3-7-17-38)45-31-28-42-35-51-52(36-43(42)34-45)58-56(41-20-10-5-11-21-41)50-24-13-12-23-49(50)55(57(51)58)40-18-8-4-9-19-40/h3-37H,1-2H3. The largest absolute Gasteiger partial charge is 0.310 e. The van der Waals surface area contributed by atoms with Gasteiger partial charge in [0.1, 0.15) is 0 Å². The molecule has 10 aromatic rings. The van der Waals surface area contributed by atoms with Crippen LogP contribution in [0.25, 0.3) is 88.3 Å². The second-order valence-corrected chi connectivity index (χ2v) is 16.9. The number of fused-ring (bicyclic) bond motifs is 9. The number of hydrogen-bond donors (Lipinski definition) is 0. The highest BCUT2D eigenvalue weighted by Crippen LogP contribution is 2.60. The van der Waals surface area contributed by atoms with Crippen LogP contribution >= 0.6 is 0 Å². The molecule has 1 nitrogen and oxygen atoms in total. The van der Waals surface area contributed by atoms with Gasteiger partial charge >= 0.3 is 0 Å². The van der Waals surface area contributed by atoms with Crippen LogP contribution in [0, 0.1) is 0 Å². The van der Waals surface area contributed by atoms with E-state index >= 15 is 0 Å². The Bertz CT molecular complexity index is 3310. The van der Waals surface area contributed by atoms with E-state index in [1.807, 2.05) is 0 Å². The number of benzene rings is 10. The summed E-state index contributed by atoms with van der Waals surface area (Å²) in [5, 5.41) is 5.04. The zero-order chi connectivity index (χ0) is 40.0. The van der Waals surface area contributed by atoms with Crippen LogP contribution in [0.5, 0.6) is 0 Å². The SMILES string of the molecule is CC1(C)c2ccccc2-c2ccc(N(c3ccc(-c4ccccc4)cc3)c3ccc4cc5c(cc4c3)-c3c-5c(-c4ccccc4)c4ccccc4c3-c3ccccc3)cc21. The molecule has 0 amide bonds. The maximum Gasteiger partial charge on any atom is 0.0468 e. The van der Waals surface area contributed by atoms with Crippen molar-refractivity contribution >= 4 is 38.6 Å². The van der Waals surface area contributed by atoms with Gasteiger partial charge in [0.2, 0.25) is 0 Å². The molecule has 0 fully saturated rings. The lowest BCUT2D eigenvalue weighted by molar-refractivity contribution is 0.660. The maximum atomic E-state index is 2.45. The van der Waals surface area contributed by atoms with E-state index in [0.29, 0.717) is 0 Å². The van der Waals surface area contributed by atoms with Crippen molar-refractivity contribution in [3.63, 3.8) is 0 Å². The molecule has 12 rings (SSSR count). The third-order valence-corrected chi connectivity index (χ3v) is 13.2. The molecule has 0 heterocycles. The van der Waals surface area contributed by atoms with Gasteiger partial charge in [0.25, 0.3) is 0 Å². The van der Waals surface area contributed by atoms with E-state index < -0.39 is 0 Å². The fraction of sp³-hybridized carbons (Fsp3) is 0.0508. The molecule has 282 valence electrons. The fourth-order valence-electron chi connectivity index (χ4n) is 10.3. The predicted octanol–water partition coefficient (Wildman–Crippen LogP) is 16.4. The molecular formula is C59H41N. The van der Waals surface area contributed by atoms with Crippen LogP contribution in [0.4, 0.5) is 17.1 Å². The average molecular weight is 764 g/mol. The summed E-state index contributed by atoms with van der Waals surface area (Å²) in [6.07, 6.45) is 0. The Morgan fingerprint density at radius 1 is 0.300 bits per heavy atom. The Labute approximate surface area is 351 Å². The second-order valence-electron chi connectivity index (χ2n) is 16.9. The van der Waals surface area contributed by atoms with Crippen LogP contribution in [0.15, 0.2) is 212 Å². The van der Waals surface area contributed by atoms with E-state index in [4.69, 9.17) is 0 Å². The van der Waals surface area contributed by atoms with Crippen molar-refractivity contribution < 1.29 is 0 Å². The molecular weight excluding hydrogens is 723 g/mol. The third-order valence-electron chi connectivity index (χ3n) is 13.2. The van der Waals surface area contributed by atoms with Crippen LogP contribution < -0.4 is 4.90 Å². The monoisotopic (exact) mass is 763 g/mol. The van der Waals surface area contributed by atoms with Crippen molar-refractivity contribution in [1.29, 1.82) is 0 Å². The normalized spacial score (nSPS) is 13.0. The Balaban J connectivity index is 1.05. The van der Waals surface area contributed by atoms with Crippen LogP contribution in [0.1, 0.15) is 25.0 Å². The van der Waals surface area contributed by atoms with Crippen molar-refractivity contribution in [2.75, 3.05) is 4.90 Å². The van der Waals surface area contributed by atoms with E-state index in [2.05, 4.69) is 231 Å². The summed E-state index contributed by atoms with van der Waals surface area (Å²) >= 11 is 0. The molecule has 0 spiro atoms. The molecule has 10 aromatic carbocycles. The summed E-state index contributed by atoms with van der Waals surface area (Å²) in [5.74, 6) is 0. The molecule has 0 radical (unpaired) electrons. The molecule has 0 bridgehead atoms. The van der Waals surface area contributed by atoms with Gasteiger partial charge < -0.3 is 4.90 Å². The average Bonchev–Trinajstić information content (AvgIpc) is 3.53. The van der Waals surface area contributed by atoms with Crippen molar-refractivity contribution in [1.82, 2.24) is 0 Å². The summed E-state index contributed by atoms with van der Waals surface area (Å²) in [6, 6.07) is 78.5. The zero-order valence-corrected chi connectivity index (χ0v) is 33.7. The first kappa shape index (κ1) is 34.6. The van der Waals surface area contributed by atoms with Gasteiger partial charge in [-0.25, -0.2) is 0 Å². The summed E-state index contributed by atoms with van der Waals surface area (Å²) in [7, 11) is 0. The molecule has 60 heavy (non-hydrogen) atoms. The maximum absolute atomic E-state index is 2.45. The highest BCUT2D eigenvalue weighted by Gasteiger charge is 2.36. The molecule has 0 aromatic heterocycles. The van der Waals surface area contributed by atoms with Gasteiger partial charge in [0.05, 0.1) is 0 Å². The summed E-state index contributed by atoms with van der Waals surface area (Å²) in [6.45, 7) is 4.73. The molecule has 0 N–H and O–H groups in total. The summed E-state index contributed by atoms with van der Waals surface area (Å²) in [5.41, 5.74) is 21.6. The second kappa shape index (κ2) is 13.3. The zero-order valence-electron chi connectivity index (χ0n) is 33.7. The minimum Gasteiger partial charge on any atom is -0.310 e. The molecule has 1 heteroatoms. The Kier molecular flexibility index (Phi) is 7.65. The number of rotatable bonds is 6. The first-order chi connectivity index (χ1) is 29.5. The highest BCUT2D eigenvalue weighted by molar-refractivity contribution is 6.26. The highest BCUT2D eigenvalue weighted by atomic mass is 15.1. The van der Waals surface area contributed by atoms with Crippen LogP contribution in [0.2, 0.25) is 0 Å². The van der Waals surface area contributed by atoms with E-state index in [0.717, 1.165) is 17.1 Å². The van der Waals surface area contributed by atoms with Crippen molar-refractivity contribution in [2.45, 2.75) is 19.3 Å². The first-order valence-corrected chi connectivity index (χ1v) is 21.0. The van der Waals surface area contributed by atoms with Gasteiger partial charge in [-0.3, -0.25) is 0 Å². The van der Waals surface area contributed by atoms with E-state index in [9.17, 15) is 0 Å². The van der Waals surface area contributed by atoms with E-state index in [1.165, 1.54) is 99.4 Å². The summed E-state index contributed by atoms with van der Waals surface area (Å²) < 4.78 is 0. The van der Waals surface area contributed by atoms with E-state index in [-0.39, 0.29) is 5.41 Å². The van der Waals surface area contributed by atoms with Crippen LogP contribution in [-0.2, 0) is 5.41 Å². The minimum absolute atomic E-state index is 0.108. The molecule has 0 atom stereocenters. The lowest BCUT2D eigenvalue weighted by Crippen LogP contribution is -2.16. The third kappa shape index (κ3) is 5.19. The van der Waals surface area contributed by atoms with Crippen molar-refractivity contribution in [3.05, 3.63) is 223 Å². The fourth-order valence-corrected chi connectivity index (χ4v) is 10.3. The molecule has 2 aliphatic carbocycles. The molecule has 2 aliphatic rings. The predicted molar refractivity (Wildman–Crippen MR) is 254 cm³/mol. The lowest BCUT2D eigenvalue weighted by Gasteiger charge is -2.33. The molecule has 0 unspecified atom stereocenters. The molecule has 0 saturated carbocycles. The van der Waals surface area contributed by atoms with Gasteiger partial charge in [-0.15, -0.1) is 0 Å². The van der Waals surface area contributed by atoms with Gasteiger partial charge in [0, 0.05) is 22.5 Å². The lowest BCUT2D eigenvalue weighted by atomic mass is 9.70. The Morgan fingerprint density at radius 2 is 0.767 bits per heavy atom. The summed E-state index contributed by atoms with van der Waals surface area (Å²) in [4.78, 5) is 2.44. The molecule has 0 saturated heterocycles. The molecule has 0 aliphatic heterocycles. The van der Waals surface area contributed by atoms with Gasteiger partial charge in [-0.1, -0.05) is 178 Å². The Morgan fingerprint density at radius 3 is 1.40 bits per heavy atom. The number of hydrogen-bond acceptors (Lipinski definition) is 1. The quantitative estimate of drug-likeness (QED) is 0.163. The topological polar surface area (TPSA) is 3.24 Å². The first-order valence-electron chi connectivity index (χ1n) is 21.0. The van der Waals surface area contributed by atoms with Crippen molar-refractivity contribution in [2.24, 2.45) is 0 Å². The minimum atomic E-state index is -0.108. The van der Waals surface area contributed by atoms with Crippen LogP contribution in [0.3, 0.4) is 0 Å². The Hall–Kier alpha value is -7.48. The van der Waals surface area contributed by atoms with Gasteiger partial charge in [-0.2, -0.15) is 0 Å². The van der Waals surface area contributed by atoms with Gasteiger partial charge in [-0.05, 0) is 148 Å².